The molecule has 58 heavy (non-hydrogen) atoms. The minimum absolute atomic E-state index is 0.0571. The number of carbonyl (C=O) groups is 1. The fourth-order valence-electron chi connectivity index (χ4n) is 8.90. The van der Waals surface area contributed by atoms with E-state index in [0.717, 1.165) is 32.1 Å². The summed E-state index contributed by atoms with van der Waals surface area (Å²) < 4.78 is 6.06. The number of aliphatic hydroxyl groups is 4. The third-order valence-corrected chi connectivity index (χ3v) is 13.0. The maximum absolute atomic E-state index is 13.0. The summed E-state index contributed by atoms with van der Waals surface area (Å²) in [5.41, 5.74) is 0. The van der Waals surface area contributed by atoms with E-state index in [-0.39, 0.29) is 12.5 Å². The summed E-state index contributed by atoms with van der Waals surface area (Å²) >= 11 is 0. The van der Waals surface area contributed by atoms with Gasteiger partial charge in [-0.2, -0.15) is 0 Å². The Kier molecular flexibility index (Phi) is 39.7. The highest BCUT2D eigenvalue weighted by atomic mass is 16.5. The van der Waals surface area contributed by atoms with Crippen molar-refractivity contribution in [1.82, 2.24) is 5.32 Å². The number of carbonyl (C=O) groups excluding carboxylic acids is 1. The van der Waals surface area contributed by atoms with Gasteiger partial charge in [0.2, 0.25) is 5.91 Å². The number of ether oxygens (including phenoxy) is 1. The van der Waals surface area contributed by atoms with Crippen LogP contribution < -0.4 is 5.32 Å². The van der Waals surface area contributed by atoms with Gasteiger partial charge in [0.05, 0.1) is 31.0 Å². The molecule has 1 aliphatic rings. The quantitative estimate of drug-likeness (QED) is 0.0309. The third kappa shape index (κ3) is 33.0. The van der Waals surface area contributed by atoms with E-state index in [9.17, 15) is 25.2 Å². The van der Waals surface area contributed by atoms with Gasteiger partial charge < -0.3 is 30.5 Å². The number of aliphatic hydroxyl groups excluding tert-OH is 4. The van der Waals surface area contributed by atoms with Gasteiger partial charge in [-0.05, 0) is 32.1 Å². The Balaban J connectivity index is 2.17. The molecule has 1 fully saturated rings. The first-order valence-corrected chi connectivity index (χ1v) is 26.0. The van der Waals surface area contributed by atoms with E-state index < -0.39 is 36.6 Å². The van der Waals surface area contributed by atoms with Crippen molar-refractivity contribution < 1.29 is 30.0 Å². The van der Waals surface area contributed by atoms with Gasteiger partial charge in [0, 0.05) is 6.42 Å². The summed E-state index contributed by atoms with van der Waals surface area (Å²) in [5, 5.41) is 45.3. The molecule has 0 aromatic rings. The van der Waals surface area contributed by atoms with Crippen LogP contribution in [-0.4, -0.2) is 69.5 Å². The molecule has 1 rings (SSSR count). The first-order valence-electron chi connectivity index (χ1n) is 26.0. The molecule has 1 amide bonds. The summed E-state index contributed by atoms with van der Waals surface area (Å²) in [6.45, 7) is 4.64. The van der Waals surface area contributed by atoms with E-state index in [2.05, 4.69) is 19.2 Å². The van der Waals surface area contributed by atoms with Crippen LogP contribution in [0, 0.1) is 0 Å². The first-order chi connectivity index (χ1) is 28.4. The molecule has 0 aliphatic heterocycles. The number of rotatable bonds is 43. The van der Waals surface area contributed by atoms with Crippen LogP contribution in [-0.2, 0) is 9.53 Å². The maximum Gasteiger partial charge on any atom is 0.220 e. The molecular formula is C51H101NO6. The lowest BCUT2D eigenvalue weighted by Gasteiger charge is -2.29. The highest BCUT2D eigenvalue weighted by Gasteiger charge is 2.35. The van der Waals surface area contributed by atoms with Crippen LogP contribution in [0.3, 0.4) is 0 Å². The van der Waals surface area contributed by atoms with Gasteiger partial charge in [-0.15, -0.1) is 0 Å². The minimum Gasteiger partial charge on any atom is -0.391 e. The Labute approximate surface area is 360 Å². The Morgan fingerprint density at radius 1 is 0.500 bits per heavy atom. The lowest BCUT2D eigenvalue weighted by Crippen LogP contribution is -2.49. The summed E-state index contributed by atoms with van der Waals surface area (Å²) in [5.74, 6) is -0.0571. The van der Waals surface area contributed by atoms with Crippen molar-refractivity contribution in [2.45, 2.75) is 314 Å². The summed E-state index contributed by atoms with van der Waals surface area (Å²) in [6.07, 6.45) is 45.3. The van der Waals surface area contributed by atoms with Crippen molar-refractivity contribution in [3.05, 3.63) is 0 Å². The van der Waals surface area contributed by atoms with Crippen LogP contribution >= 0.6 is 0 Å². The van der Waals surface area contributed by atoms with E-state index in [1.54, 1.807) is 0 Å². The lowest BCUT2D eigenvalue weighted by molar-refractivity contribution is -0.129. The number of nitrogens with one attached hydrogen (secondary N) is 1. The second kappa shape index (κ2) is 41.6. The molecule has 0 radical (unpaired) electrons. The Bertz CT molecular complexity index is 859. The topological polar surface area (TPSA) is 119 Å². The van der Waals surface area contributed by atoms with Crippen LogP contribution in [0.4, 0.5) is 0 Å². The highest BCUT2D eigenvalue weighted by molar-refractivity contribution is 5.76. The molecule has 7 heteroatoms. The van der Waals surface area contributed by atoms with Crippen LogP contribution in [0.1, 0.15) is 277 Å². The first kappa shape index (κ1) is 55.3. The smallest absolute Gasteiger partial charge is 0.220 e. The van der Waals surface area contributed by atoms with Crippen molar-refractivity contribution >= 4 is 5.91 Å². The number of amides is 1. The largest absolute Gasteiger partial charge is 0.391 e. The molecule has 6 atom stereocenters. The summed E-state index contributed by atoms with van der Waals surface area (Å²) in [4.78, 5) is 13.0. The van der Waals surface area contributed by atoms with E-state index in [1.807, 2.05) is 0 Å². The summed E-state index contributed by atoms with van der Waals surface area (Å²) in [6, 6.07) is -0.563. The number of hydrogen-bond acceptors (Lipinski definition) is 6. The molecule has 0 aromatic heterocycles. The van der Waals surface area contributed by atoms with Crippen molar-refractivity contribution in [2.24, 2.45) is 0 Å². The zero-order chi connectivity index (χ0) is 42.2. The maximum atomic E-state index is 13.0. The SMILES string of the molecule is CCCCCCCCCCCCCCCCCCCCCCCCCC(=O)N[C@H](CO[C@H]1CCC[C@H](O)[C@H](O)[C@H]1O)[C@@H](O)CCCCCCCCCCCCCCC. The average molecular weight is 824 g/mol. The predicted molar refractivity (Wildman–Crippen MR) is 246 cm³/mol. The zero-order valence-corrected chi connectivity index (χ0v) is 38.8. The molecule has 0 heterocycles. The molecule has 0 unspecified atom stereocenters. The van der Waals surface area contributed by atoms with Crippen molar-refractivity contribution in [1.29, 1.82) is 0 Å². The Hall–Kier alpha value is -0.730. The average Bonchev–Trinajstić information content (AvgIpc) is 3.34. The summed E-state index contributed by atoms with van der Waals surface area (Å²) in [7, 11) is 0. The molecular weight excluding hydrogens is 723 g/mol. The fourth-order valence-corrected chi connectivity index (χ4v) is 8.90. The molecule has 5 N–H and O–H groups in total. The van der Waals surface area contributed by atoms with Crippen LogP contribution in [0.15, 0.2) is 0 Å². The van der Waals surface area contributed by atoms with Gasteiger partial charge in [-0.3, -0.25) is 4.79 Å². The normalized spacial score (nSPS) is 19.6. The van der Waals surface area contributed by atoms with Gasteiger partial charge in [-0.25, -0.2) is 0 Å². The van der Waals surface area contributed by atoms with E-state index >= 15 is 0 Å². The monoisotopic (exact) mass is 824 g/mol. The van der Waals surface area contributed by atoms with Gasteiger partial charge in [0.1, 0.15) is 12.2 Å². The molecule has 1 aliphatic carbocycles. The van der Waals surface area contributed by atoms with Gasteiger partial charge in [0.15, 0.2) is 0 Å². The molecule has 1 saturated carbocycles. The van der Waals surface area contributed by atoms with Crippen LogP contribution in [0.25, 0.3) is 0 Å². The minimum atomic E-state index is -1.25. The second-order valence-electron chi connectivity index (χ2n) is 18.7. The molecule has 346 valence electrons. The third-order valence-electron chi connectivity index (χ3n) is 13.0. The van der Waals surface area contributed by atoms with E-state index in [1.165, 1.54) is 199 Å². The second-order valence-corrected chi connectivity index (χ2v) is 18.7. The highest BCUT2D eigenvalue weighted by Crippen LogP contribution is 2.23. The number of unbranched alkanes of at least 4 members (excludes halogenated alkanes) is 34. The fraction of sp³-hybridized carbons (Fsp3) is 0.980. The van der Waals surface area contributed by atoms with Crippen LogP contribution in [0.2, 0.25) is 0 Å². The van der Waals surface area contributed by atoms with Crippen molar-refractivity contribution in [2.75, 3.05) is 6.61 Å². The molecule has 0 aromatic carbocycles. The Morgan fingerprint density at radius 3 is 1.22 bits per heavy atom. The van der Waals surface area contributed by atoms with E-state index in [4.69, 9.17) is 4.74 Å². The van der Waals surface area contributed by atoms with Crippen LogP contribution in [0.5, 0.6) is 0 Å². The lowest BCUT2D eigenvalue weighted by atomic mass is 10.0. The molecule has 0 spiro atoms. The van der Waals surface area contributed by atoms with Gasteiger partial charge >= 0.3 is 0 Å². The molecule has 0 saturated heterocycles. The van der Waals surface area contributed by atoms with Gasteiger partial charge in [-0.1, -0.05) is 239 Å². The standard InChI is InChI=1S/C51H101NO6/c1-3-5-7-9-11-13-15-17-18-19-20-21-22-23-24-25-26-28-30-32-34-36-38-43-49(55)52-45(44-58-48-42-39-41-47(54)50(56)51(48)57)46(53)40-37-35-33-31-29-27-16-14-12-10-8-6-4-2/h45-48,50-51,53-54,56-57H,3-44H2,1-2H3,(H,52,55)/t45-,46+,47+,48+,50+,51+/m1/s1. The van der Waals surface area contributed by atoms with Gasteiger partial charge in [0.25, 0.3) is 0 Å². The Morgan fingerprint density at radius 2 is 0.845 bits per heavy atom. The zero-order valence-electron chi connectivity index (χ0n) is 38.8. The van der Waals surface area contributed by atoms with Crippen molar-refractivity contribution in [3.63, 3.8) is 0 Å². The van der Waals surface area contributed by atoms with Crippen molar-refractivity contribution in [3.8, 4) is 0 Å². The predicted octanol–water partition coefficient (Wildman–Crippen LogP) is 13.3. The number of hydrogen-bond donors (Lipinski definition) is 5. The van der Waals surface area contributed by atoms with E-state index in [0.29, 0.717) is 32.1 Å². The molecule has 7 nitrogen and oxygen atoms in total. The molecule has 0 bridgehead atoms.